The van der Waals surface area contributed by atoms with Gasteiger partial charge in [-0.1, -0.05) is 6.07 Å². The molecule has 3 heterocycles. The Morgan fingerprint density at radius 1 is 1.35 bits per heavy atom. The average molecular weight is 354 g/mol. The maximum atomic E-state index is 12.8. The maximum absolute atomic E-state index is 12.8. The van der Waals surface area contributed by atoms with Crippen molar-refractivity contribution in [2.45, 2.75) is 44.9 Å². The molecule has 1 fully saturated rings. The number of likely N-dealkylation sites (tertiary alicyclic amines) is 1. The largest absolute Gasteiger partial charge is 0.457 e. The van der Waals surface area contributed by atoms with E-state index in [9.17, 15) is 9.59 Å². The second kappa shape index (κ2) is 7.19. The summed E-state index contributed by atoms with van der Waals surface area (Å²) in [7, 11) is 0. The standard InChI is InChI=1S/C19H22N4O3/c24-18-17-12-15(6-5-14(17)13-26-18)21-19(25)23-10-2-1-4-16(23)7-11-22-9-3-8-20-22/h3,5-6,8-9,12,16H,1-2,4,7,10-11,13H2,(H,21,25)/t16-/m1/s1. The number of urea groups is 1. The lowest BCUT2D eigenvalue weighted by Gasteiger charge is -2.35. The Kier molecular flexibility index (Phi) is 4.60. The Morgan fingerprint density at radius 2 is 2.27 bits per heavy atom. The fraction of sp³-hybridized carbons (Fsp3) is 0.421. The smallest absolute Gasteiger partial charge is 0.338 e. The van der Waals surface area contributed by atoms with Crippen LogP contribution in [0.4, 0.5) is 10.5 Å². The topological polar surface area (TPSA) is 76.5 Å². The van der Waals surface area contributed by atoms with Crippen LogP contribution in [0.1, 0.15) is 41.6 Å². The predicted octanol–water partition coefficient (Wildman–Crippen LogP) is 3.03. The van der Waals surface area contributed by atoms with E-state index in [1.807, 2.05) is 34.0 Å². The Morgan fingerprint density at radius 3 is 3.12 bits per heavy atom. The number of amides is 2. The van der Waals surface area contributed by atoms with Gasteiger partial charge in [0.15, 0.2) is 0 Å². The first-order chi connectivity index (χ1) is 12.7. The fourth-order valence-corrected chi connectivity index (χ4v) is 3.67. The van der Waals surface area contributed by atoms with Crippen molar-refractivity contribution in [2.75, 3.05) is 11.9 Å². The molecule has 2 aromatic rings. The van der Waals surface area contributed by atoms with E-state index in [0.29, 0.717) is 17.9 Å². The number of carbonyl (C=O) groups excluding carboxylic acids is 2. The SMILES string of the molecule is O=C1OCc2ccc(NC(=O)N3CCCC[C@@H]3CCn3cccn3)cc21. The van der Waals surface area contributed by atoms with E-state index in [2.05, 4.69) is 10.4 Å². The first-order valence-electron chi connectivity index (χ1n) is 9.06. The van der Waals surface area contributed by atoms with E-state index in [0.717, 1.165) is 44.3 Å². The molecule has 1 N–H and O–H groups in total. The van der Waals surface area contributed by atoms with Gasteiger partial charge in [0.25, 0.3) is 0 Å². The Bertz CT molecular complexity index is 803. The zero-order valence-electron chi connectivity index (χ0n) is 14.6. The molecule has 2 amide bonds. The molecule has 0 spiro atoms. The maximum Gasteiger partial charge on any atom is 0.338 e. The molecular formula is C19H22N4O3. The number of aryl methyl sites for hydroxylation is 1. The summed E-state index contributed by atoms with van der Waals surface area (Å²) in [5.74, 6) is -0.328. The Hall–Kier alpha value is -2.83. The van der Waals surface area contributed by atoms with Crippen LogP contribution in [0.5, 0.6) is 0 Å². The van der Waals surface area contributed by atoms with Gasteiger partial charge in [-0.15, -0.1) is 0 Å². The Balaban J connectivity index is 1.42. The van der Waals surface area contributed by atoms with Crippen molar-refractivity contribution in [3.05, 3.63) is 47.8 Å². The van der Waals surface area contributed by atoms with E-state index >= 15 is 0 Å². The van der Waals surface area contributed by atoms with Crippen molar-refractivity contribution in [1.29, 1.82) is 0 Å². The minimum Gasteiger partial charge on any atom is -0.457 e. The van der Waals surface area contributed by atoms with E-state index in [1.54, 1.807) is 12.3 Å². The molecule has 1 aromatic heterocycles. The zero-order chi connectivity index (χ0) is 17.9. The van der Waals surface area contributed by atoms with Gasteiger partial charge in [-0.2, -0.15) is 5.10 Å². The van der Waals surface area contributed by atoms with Gasteiger partial charge in [-0.25, -0.2) is 9.59 Å². The molecule has 26 heavy (non-hydrogen) atoms. The number of hydrogen-bond acceptors (Lipinski definition) is 4. The summed E-state index contributed by atoms with van der Waals surface area (Å²) in [5, 5.41) is 7.17. The molecule has 136 valence electrons. The number of carbonyl (C=O) groups is 2. The second-order valence-electron chi connectivity index (χ2n) is 6.78. The van der Waals surface area contributed by atoms with Crippen LogP contribution in [0, 0.1) is 0 Å². The van der Waals surface area contributed by atoms with E-state index in [-0.39, 0.29) is 18.0 Å². The van der Waals surface area contributed by atoms with Crippen molar-refractivity contribution in [2.24, 2.45) is 0 Å². The van der Waals surface area contributed by atoms with E-state index < -0.39 is 0 Å². The number of fused-ring (bicyclic) bond motifs is 1. The number of ether oxygens (including phenoxy) is 1. The highest BCUT2D eigenvalue weighted by atomic mass is 16.5. The van der Waals surface area contributed by atoms with Crippen molar-refractivity contribution in [1.82, 2.24) is 14.7 Å². The van der Waals surface area contributed by atoms with Crippen LogP contribution in [0.3, 0.4) is 0 Å². The third-order valence-electron chi connectivity index (χ3n) is 5.08. The normalized spacial score (nSPS) is 19.2. The van der Waals surface area contributed by atoms with Crippen molar-refractivity contribution < 1.29 is 14.3 Å². The number of cyclic esters (lactones) is 1. The third-order valence-corrected chi connectivity index (χ3v) is 5.08. The fourth-order valence-electron chi connectivity index (χ4n) is 3.67. The molecule has 1 saturated heterocycles. The summed E-state index contributed by atoms with van der Waals surface area (Å²) in [5.41, 5.74) is 2.03. The molecule has 1 atom stereocenters. The summed E-state index contributed by atoms with van der Waals surface area (Å²) in [4.78, 5) is 26.4. The summed E-state index contributed by atoms with van der Waals surface area (Å²) < 4.78 is 6.91. The number of rotatable bonds is 4. The molecule has 0 unspecified atom stereocenters. The number of nitrogens with zero attached hydrogens (tertiary/aromatic N) is 3. The molecule has 0 aliphatic carbocycles. The van der Waals surface area contributed by atoms with E-state index in [4.69, 9.17) is 4.74 Å². The Labute approximate surface area is 151 Å². The lowest BCUT2D eigenvalue weighted by molar-refractivity contribution is 0.0535. The molecule has 7 heteroatoms. The van der Waals surface area contributed by atoms with Crippen LogP contribution < -0.4 is 5.32 Å². The van der Waals surface area contributed by atoms with Crippen LogP contribution in [0.25, 0.3) is 0 Å². The molecule has 2 aliphatic rings. The van der Waals surface area contributed by atoms with Gasteiger partial charge >= 0.3 is 12.0 Å². The van der Waals surface area contributed by atoms with Gasteiger partial charge in [-0.3, -0.25) is 4.68 Å². The number of nitrogens with one attached hydrogen (secondary N) is 1. The van der Waals surface area contributed by atoms with Gasteiger partial charge in [0, 0.05) is 42.8 Å². The highest BCUT2D eigenvalue weighted by Crippen LogP contribution is 2.25. The lowest BCUT2D eigenvalue weighted by Crippen LogP contribution is -2.46. The van der Waals surface area contributed by atoms with Gasteiger partial charge in [0.05, 0.1) is 5.56 Å². The summed E-state index contributed by atoms with van der Waals surface area (Å²) in [6, 6.07) is 7.35. The number of benzene rings is 1. The van der Waals surface area contributed by atoms with Crippen LogP contribution in [0.2, 0.25) is 0 Å². The number of anilines is 1. The van der Waals surface area contributed by atoms with Crippen molar-refractivity contribution in [3.8, 4) is 0 Å². The quantitative estimate of drug-likeness (QED) is 0.856. The molecular weight excluding hydrogens is 332 g/mol. The lowest BCUT2D eigenvalue weighted by atomic mass is 10.00. The predicted molar refractivity (Wildman–Crippen MR) is 95.8 cm³/mol. The minimum atomic E-state index is -0.328. The van der Waals surface area contributed by atoms with Gasteiger partial charge in [0.1, 0.15) is 6.61 Å². The average Bonchev–Trinajstić information content (AvgIpc) is 3.30. The van der Waals surface area contributed by atoms with Crippen molar-refractivity contribution >= 4 is 17.7 Å². The molecule has 2 aliphatic heterocycles. The van der Waals surface area contributed by atoms with Crippen LogP contribution >= 0.6 is 0 Å². The minimum absolute atomic E-state index is 0.110. The molecule has 0 saturated carbocycles. The van der Waals surface area contributed by atoms with Crippen LogP contribution in [0.15, 0.2) is 36.7 Å². The second-order valence-corrected chi connectivity index (χ2v) is 6.78. The number of hydrogen-bond donors (Lipinski definition) is 1. The van der Waals surface area contributed by atoms with Crippen LogP contribution in [-0.4, -0.2) is 39.3 Å². The van der Waals surface area contributed by atoms with Crippen molar-refractivity contribution in [3.63, 3.8) is 0 Å². The molecule has 7 nitrogen and oxygen atoms in total. The number of aromatic nitrogens is 2. The summed E-state index contributed by atoms with van der Waals surface area (Å²) >= 11 is 0. The van der Waals surface area contributed by atoms with E-state index in [1.165, 1.54) is 0 Å². The van der Waals surface area contributed by atoms with Gasteiger partial charge in [0.2, 0.25) is 0 Å². The first-order valence-corrected chi connectivity index (χ1v) is 9.06. The molecule has 1 aromatic carbocycles. The van der Waals surface area contributed by atoms with Gasteiger partial charge < -0.3 is 15.0 Å². The molecule has 0 radical (unpaired) electrons. The molecule has 4 rings (SSSR count). The number of piperidine rings is 1. The first kappa shape index (κ1) is 16.6. The zero-order valence-corrected chi connectivity index (χ0v) is 14.6. The highest BCUT2D eigenvalue weighted by molar-refractivity contribution is 5.96. The van der Waals surface area contributed by atoms with Gasteiger partial charge in [-0.05, 0) is 43.9 Å². The highest BCUT2D eigenvalue weighted by Gasteiger charge is 2.27. The molecule has 0 bridgehead atoms. The third kappa shape index (κ3) is 3.42. The summed E-state index contributed by atoms with van der Waals surface area (Å²) in [6.07, 6.45) is 7.75. The number of esters is 1. The summed E-state index contributed by atoms with van der Waals surface area (Å²) in [6.45, 7) is 1.86. The van der Waals surface area contributed by atoms with Crippen LogP contribution in [-0.2, 0) is 17.9 Å². The monoisotopic (exact) mass is 354 g/mol.